The van der Waals surface area contributed by atoms with Gasteiger partial charge >= 0.3 is 0 Å². The van der Waals surface area contributed by atoms with E-state index in [1.54, 1.807) is 0 Å². The topological polar surface area (TPSA) is 38.1 Å². The predicted octanol–water partition coefficient (Wildman–Crippen LogP) is 5.27. The minimum absolute atomic E-state index is 0.105. The normalized spacial score (nSPS) is 16.6. The monoisotopic (exact) mass is 407 g/mol. The van der Waals surface area contributed by atoms with Gasteiger partial charge in [0.2, 0.25) is 5.91 Å². The predicted molar refractivity (Wildman–Crippen MR) is 124 cm³/mol. The molecule has 2 heterocycles. The molecule has 1 aliphatic heterocycles. The molecule has 4 nitrogen and oxygen atoms in total. The molecule has 4 heteroatoms. The molecule has 4 aromatic rings. The molecule has 0 N–H and O–H groups in total. The van der Waals surface area contributed by atoms with E-state index in [9.17, 15) is 4.79 Å². The quantitative estimate of drug-likeness (QED) is 0.437. The van der Waals surface area contributed by atoms with Crippen LogP contribution in [0.25, 0.3) is 17.1 Å². The minimum atomic E-state index is 0.105. The van der Waals surface area contributed by atoms with Crippen molar-refractivity contribution < 1.29 is 4.79 Å². The number of nitrogens with zero attached hydrogens (tertiary/aromatic N) is 3. The molecule has 1 aromatic heterocycles. The molecule has 1 fully saturated rings. The van der Waals surface area contributed by atoms with Gasteiger partial charge in [-0.3, -0.25) is 4.79 Å². The number of rotatable bonds is 6. The lowest BCUT2D eigenvalue weighted by atomic mass is 10.1. The Morgan fingerprint density at radius 3 is 2.42 bits per heavy atom. The SMILES string of the molecule is O=C1C[C@@H](c2nc3ccccc3n2C/C=C/c2ccccc2)CN1Cc1ccccc1. The number of amides is 1. The second-order valence-corrected chi connectivity index (χ2v) is 8.04. The van der Waals surface area contributed by atoms with Gasteiger partial charge < -0.3 is 9.47 Å². The number of imidazole rings is 1. The Morgan fingerprint density at radius 2 is 1.61 bits per heavy atom. The zero-order chi connectivity index (χ0) is 21.0. The van der Waals surface area contributed by atoms with Gasteiger partial charge in [0, 0.05) is 32.0 Å². The van der Waals surface area contributed by atoms with E-state index in [0.29, 0.717) is 19.5 Å². The molecule has 1 aliphatic rings. The van der Waals surface area contributed by atoms with Crippen LogP contribution in [0.2, 0.25) is 0 Å². The van der Waals surface area contributed by atoms with Crippen molar-refractivity contribution in [3.63, 3.8) is 0 Å². The van der Waals surface area contributed by atoms with Crippen molar-refractivity contribution in [2.45, 2.75) is 25.4 Å². The summed E-state index contributed by atoms with van der Waals surface area (Å²) in [6, 6.07) is 28.7. The van der Waals surface area contributed by atoms with Gasteiger partial charge in [-0.15, -0.1) is 0 Å². The lowest BCUT2D eigenvalue weighted by Crippen LogP contribution is -2.24. The molecule has 0 unspecified atom stereocenters. The first-order valence-corrected chi connectivity index (χ1v) is 10.8. The highest BCUT2D eigenvalue weighted by Crippen LogP contribution is 2.31. The molecule has 1 amide bonds. The van der Waals surface area contributed by atoms with Crippen molar-refractivity contribution in [1.29, 1.82) is 0 Å². The van der Waals surface area contributed by atoms with Crippen molar-refractivity contribution in [2.75, 3.05) is 6.54 Å². The van der Waals surface area contributed by atoms with Crippen LogP contribution in [0.15, 0.2) is 91.0 Å². The second-order valence-electron chi connectivity index (χ2n) is 8.04. The Balaban J connectivity index is 1.41. The number of hydrogen-bond donors (Lipinski definition) is 0. The third-order valence-electron chi connectivity index (χ3n) is 5.88. The number of carbonyl (C=O) groups is 1. The van der Waals surface area contributed by atoms with Gasteiger partial charge in [-0.2, -0.15) is 0 Å². The van der Waals surface area contributed by atoms with E-state index in [1.165, 1.54) is 5.56 Å². The molecule has 1 saturated heterocycles. The fraction of sp³-hybridized carbons (Fsp3) is 0.185. The molecule has 0 aliphatic carbocycles. The summed E-state index contributed by atoms with van der Waals surface area (Å²) in [5.41, 5.74) is 4.44. The van der Waals surface area contributed by atoms with Crippen molar-refractivity contribution in [2.24, 2.45) is 0 Å². The van der Waals surface area contributed by atoms with Crippen LogP contribution < -0.4 is 0 Å². The first kappa shape index (κ1) is 19.3. The molecule has 31 heavy (non-hydrogen) atoms. The lowest BCUT2D eigenvalue weighted by molar-refractivity contribution is -0.128. The van der Waals surface area contributed by atoms with Crippen LogP contribution in [0.3, 0.4) is 0 Å². The average molecular weight is 408 g/mol. The average Bonchev–Trinajstić information content (AvgIpc) is 3.36. The Labute approximate surface area is 182 Å². The van der Waals surface area contributed by atoms with E-state index < -0.39 is 0 Å². The van der Waals surface area contributed by atoms with E-state index in [-0.39, 0.29) is 11.8 Å². The highest BCUT2D eigenvalue weighted by molar-refractivity contribution is 5.81. The highest BCUT2D eigenvalue weighted by Gasteiger charge is 2.33. The molecule has 0 radical (unpaired) electrons. The van der Waals surface area contributed by atoms with Crippen molar-refractivity contribution >= 4 is 23.0 Å². The number of fused-ring (bicyclic) bond motifs is 1. The highest BCUT2D eigenvalue weighted by atomic mass is 16.2. The lowest BCUT2D eigenvalue weighted by Gasteiger charge is -2.17. The summed E-state index contributed by atoms with van der Waals surface area (Å²) >= 11 is 0. The van der Waals surface area contributed by atoms with Crippen LogP contribution in [-0.2, 0) is 17.9 Å². The number of aromatic nitrogens is 2. The summed E-state index contributed by atoms with van der Waals surface area (Å²) in [7, 11) is 0. The smallest absolute Gasteiger partial charge is 0.223 e. The number of likely N-dealkylation sites (tertiary alicyclic amines) is 1. The van der Waals surface area contributed by atoms with E-state index in [0.717, 1.165) is 29.0 Å². The molecule has 0 bridgehead atoms. The summed E-state index contributed by atoms with van der Waals surface area (Å²) < 4.78 is 2.26. The number of allylic oxidation sites excluding steroid dienone is 1. The van der Waals surface area contributed by atoms with E-state index in [2.05, 4.69) is 53.1 Å². The molecule has 0 saturated carbocycles. The van der Waals surface area contributed by atoms with Gasteiger partial charge in [-0.1, -0.05) is 84.9 Å². The Hall–Kier alpha value is -3.66. The number of carbonyl (C=O) groups excluding carboxylic acids is 1. The van der Waals surface area contributed by atoms with Gasteiger partial charge in [-0.25, -0.2) is 4.98 Å². The van der Waals surface area contributed by atoms with Crippen molar-refractivity contribution in [1.82, 2.24) is 14.5 Å². The second kappa shape index (κ2) is 8.60. The first-order chi connectivity index (χ1) is 15.3. The molecule has 154 valence electrons. The largest absolute Gasteiger partial charge is 0.338 e. The fourth-order valence-electron chi connectivity index (χ4n) is 4.36. The summed E-state index contributed by atoms with van der Waals surface area (Å²) in [5, 5.41) is 0. The van der Waals surface area contributed by atoms with Gasteiger partial charge in [0.15, 0.2) is 0 Å². The van der Waals surface area contributed by atoms with Crippen molar-refractivity contribution in [3.05, 3.63) is 108 Å². The number of para-hydroxylation sites is 2. The Bertz CT molecular complexity index is 1210. The van der Waals surface area contributed by atoms with E-state index >= 15 is 0 Å². The van der Waals surface area contributed by atoms with Gasteiger partial charge in [0.25, 0.3) is 0 Å². The molecule has 3 aromatic carbocycles. The zero-order valence-electron chi connectivity index (χ0n) is 17.4. The molecular weight excluding hydrogens is 382 g/mol. The van der Waals surface area contributed by atoms with Gasteiger partial charge in [0.05, 0.1) is 11.0 Å². The van der Waals surface area contributed by atoms with Gasteiger partial charge in [-0.05, 0) is 23.3 Å². The first-order valence-electron chi connectivity index (χ1n) is 10.8. The maximum Gasteiger partial charge on any atom is 0.223 e. The summed E-state index contributed by atoms with van der Waals surface area (Å²) in [5.74, 6) is 1.31. The summed E-state index contributed by atoms with van der Waals surface area (Å²) in [6.07, 6.45) is 4.82. The molecule has 1 atom stereocenters. The van der Waals surface area contributed by atoms with Crippen LogP contribution in [0.4, 0.5) is 0 Å². The number of benzene rings is 3. The van der Waals surface area contributed by atoms with Crippen LogP contribution >= 0.6 is 0 Å². The van der Waals surface area contributed by atoms with E-state index in [4.69, 9.17) is 4.98 Å². The van der Waals surface area contributed by atoms with Gasteiger partial charge in [0.1, 0.15) is 5.82 Å². The third kappa shape index (κ3) is 4.15. The third-order valence-corrected chi connectivity index (χ3v) is 5.88. The minimum Gasteiger partial charge on any atom is -0.338 e. The standard InChI is InChI=1S/C27H25N3O/c31-26-18-23(20-29(26)19-22-12-5-2-6-13-22)27-28-24-15-7-8-16-25(24)30(27)17-9-14-21-10-3-1-4-11-21/h1-16,23H,17-20H2/b14-9+/t23-/m1/s1. The fourth-order valence-corrected chi connectivity index (χ4v) is 4.36. The maximum atomic E-state index is 12.8. The molecular formula is C27H25N3O. The van der Waals surface area contributed by atoms with Crippen LogP contribution in [-0.4, -0.2) is 26.9 Å². The number of hydrogen-bond acceptors (Lipinski definition) is 2. The molecule has 0 spiro atoms. The van der Waals surface area contributed by atoms with Crippen LogP contribution in [0, 0.1) is 0 Å². The van der Waals surface area contributed by atoms with Crippen LogP contribution in [0.1, 0.15) is 29.3 Å². The van der Waals surface area contributed by atoms with Crippen LogP contribution in [0.5, 0.6) is 0 Å². The molecule has 5 rings (SSSR count). The Kier molecular flexibility index (Phi) is 5.36. The van der Waals surface area contributed by atoms with E-state index in [1.807, 2.05) is 53.4 Å². The van der Waals surface area contributed by atoms with Crippen molar-refractivity contribution in [3.8, 4) is 0 Å². The maximum absolute atomic E-state index is 12.8. The zero-order valence-corrected chi connectivity index (χ0v) is 17.4. The summed E-state index contributed by atoms with van der Waals surface area (Å²) in [6.45, 7) is 2.10. The summed E-state index contributed by atoms with van der Waals surface area (Å²) in [4.78, 5) is 19.7. The Morgan fingerprint density at radius 1 is 0.903 bits per heavy atom.